The summed E-state index contributed by atoms with van der Waals surface area (Å²) >= 11 is 0. The average molecular weight is 318 g/mol. The van der Waals surface area contributed by atoms with Gasteiger partial charge in [0.15, 0.2) is 0 Å². The molecule has 2 saturated heterocycles. The predicted molar refractivity (Wildman–Crippen MR) is 83.2 cm³/mol. The second kappa shape index (κ2) is 5.98. The van der Waals surface area contributed by atoms with Crippen LogP contribution in [0.3, 0.4) is 0 Å². The molecule has 2 aliphatic rings. The van der Waals surface area contributed by atoms with Crippen LogP contribution in [0.4, 0.5) is 6.01 Å². The number of ether oxygens (including phenoxy) is 1. The van der Waals surface area contributed by atoms with Gasteiger partial charge in [-0.25, -0.2) is 0 Å². The van der Waals surface area contributed by atoms with Crippen LogP contribution in [0, 0.1) is 6.92 Å². The van der Waals surface area contributed by atoms with Gasteiger partial charge in [-0.05, 0) is 18.9 Å². The molecule has 0 bridgehead atoms. The second-order valence-electron chi connectivity index (χ2n) is 6.50. The zero-order chi connectivity index (χ0) is 15.7. The number of aromatic nitrogens is 2. The number of furan rings is 1. The molecule has 0 saturated carbocycles. The highest BCUT2D eigenvalue weighted by molar-refractivity contribution is 5.27. The Hall–Kier alpha value is -1.86. The molecule has 2 aliphatic heterocycles. The first-order chi connectivity index (χ1) is 11.2. The third kappa shape index (κ3) is 3.11. The summed E-state index contributed by atoms with van der Waals surface area (Å²) in [5.74, 6) is 0.603. The number of hydrogen-bond donors (Lipinski definition) is 0. The molecule has 1 unspecified atom stereocenters. The summed E-state index contributed by atoms with van der Waals surface area (Å²) in [4.78, 5) is 4.60. The number of rotatable bonds is 3. The van der Waals surface area contributed by atoms with E-state index in [1.54, 1.807) is 6.26 Å². The molecule has 0 aliphatic carbocycles. The second-order valence-corrected chi connectivity index (χ2v) is 6.50. The van der Waals surface area contributed by atoms with Crippen LogP contribution in [-0.2, 0) is 11.3 Å². The third-order valence-corrected chi connectivity index (χ3v) is 4.64. The van der Waals surface area contributed by atoms with E-state index >= 15 is 0 Å². The van der Waals surface area contributed by atoms with Gasteiger partial charge in [0, 0.05) is 38.7 Å². The standard InChI is InChI=1S/C16H22N4O3/c1-13-17-18-15(23-13)20-5-2-4-16(12-20)11-19(6-8-22-16)9-14-3-7-21-10-14/h3,7,10H,2,4-6,8-9,11-12H2,1H3. The number of nitrogens with zero attached hydrogens (tertiary/aromatic N) is 4. The van der Waals surface area contributed by atoms with E-state index in [1.807, 2.05) is 19.3 Å². The summed E-state index contributed by atoms with van der Waals surface area (Å²) in [5, 5.41) is 8.10. The van der Waals surface area contributed by atoms with E-state index in [2.05, 4.69) is 20.0 Å². The lowest BCUT2D eigenvalue weighted by atomic mass is 9.90. The Morgan fingerprint density at radius 3 is 3.00 bits per heavy atom. The zero-order valence-corrected chi connectivity index (χ0v) is 13.4. The van der Waals surface area contributed by atoms with Gasteiger partial charge >= 0.3 is 6.01 Å². The molecule has 2 aromatic rings. The van der Waals surface area contributed by atoms with Gasteiger partial charge < -0.3 is 18.5 Å². The first-order valence-electron chi connectivity index (χ1n) is 8.15. The Morgan fingerprint density at radius 2 is 2.22 bits per heavy atom. The lowest BCUT2D eigenvalue weighted by Gasteiger charge is -2.47. The van der Waals surface area contributed by atoms with Gasteiger partial charge in [0.05, 0.1) is 31.3 Å². The van der Waals surface area contributed by atoms with E-state index in [0.29, 0.717) is 11.9 Å². The van der Waals surface area contributed by atoms with Crippen molar-refractivity contribution in [2.45, 2.75) is 31.9 Å². The fraction of sp³-hybridized carbons (Fsp3) is 0.625. The maximum Gasteiger partial charge on any atom is 0.318 e. The van der Waals surface area contributed by atoms with E-state index in [-0.39, 0.29) is 5.60 Å². The summed E-state index contributed by atoms with van der Waals surface area (Å²) < 4.78 is 17.0. The number of hydrogen-bond acceptors (Lipinski definition) is 7. The monoisotopic (exact) mass is 318 g/mol. The lowest BCUT2D eigenvalue weighted by molar-refractivity contribution is -0.116. The van der Waals surface area contributed by atoms with Gasteiger partial charge in [-0.2, -0.15) is 0 Å². The predicted octanol–water partition coefficient (Wildman–Crippen LogP) is 1.84. The van der Waals surface area contributed by atoms with Crippen molar-refractivity contribution in [3.63, 3.8) is 0 Å². The summed E-state index contributed by atoms with van der Waals surface area (Å²) in [6, 6.07) is 2.63. The van der Waals surface area contributed by atoms with Crippen molar-refractivity contribution < 1.29 is 13.6 Å². The smallest absolute Gasteiger partial charge is 0.318 e. The van der Waals surface area contributed by atoms with Gasteiger partial charge in [-0.15, -0.1) is 5.10 Å². The summed E-state index contributed by atoms with van der Waals surface area (Å²) in [6.45, 7) is 7.09. The van der Waals surface area contributed by atoms with Crippen LogP contribution >= 0.6 is 0 Å². The molecule has 4 rings (SSSR count). The Bertz CT molecular complexity index is 638. The van der Waals surface area contributed by atoms with Gasteiger partial charge in [-0.3, -0.25) is 4.90 Å². The van der Waals surface area contributed by atoms with E-state index in [0.717, 1.165) is 52.2 Å². The molecule has 2 fully saturated rings. The van der Waals surface area contributed by atoms with Crippen molar-refractivity contribution in [3.8, 4) is 0 Å². The van der Waals surface area contributed by atoms with Crippen molar-refractivity contribution in [2.75, 3.05) is 37.7 Å². The van der Waals surface area contributed by atoms with Crippen molar-refractivity contribution in [1.82, 2.24) is 15.1 Å². The highest BCUT2D eigenvalue weighted by Crippen LogP contribution is 2.31. The van der Waals surface area contributed by atoms with Crippen LogP contribution in [0.2, 0.25) is 0 Å². The molecule has 1 spiro atoms. The first kappa shape index (κ1) is 14.7. The Morgan fingerprint density at radius 1 is 1.26 bits per heavy atom. The molecule has 7 heteroatoms. The van der Waals surface area contributed by atoms with Gasteiger partial charge in [0.1, 0.15) is 0 Å². The first-order valence-corrected chi connectivity index (χ1v) is 8.15. The third-order valence-electron chi connectivity index (χ3n) is 4.64. The number of anilines is 1. The number of piperidine rings is 1. The Balaban J connectivity index is 1.46. The van der Waals surface area contributed by atoms with E-state index in [4.69, 9.17) is 13.6 Å². The molecule has 0 aromatic carbocycles. The van der Waals surface area contributed by atoms with Crippen LogP contribution in [0.25, 0.3) is 0 Å². The molecular weight excluding hydrogens is 296 g/mol. The van der Waals surface area contributed by atoms with E-state index in [9.17, 15) is 0 Å². The molecule has 0 amide bonds. The number of aryl methyl sites for hydroxylation is 1. The molecule has 0 radical (unpaired) electrons. The normalized spacial score (nSPS) is 26.0. The van der Waals surface area contributed by atoms with Crippen molar-refractivity contribution >= 4 is 6.01 Å². The minimum absolute atomic E-state index is 0.150. The highest BCUT2D eigenvalue weighted by Gasteiger charge is 2.41. The molecule has 0 N–H and O–H groups in total. The lowest BCUT2D eigenvalue weighted by Crippen LogP contribution is -2.59. The summed E-state index contributed by atoms with van der Waals surface area (Å²) in [5.41, 5.74) is 1.06. The molecule has 124 valence electrons. The van der Waals surface area contributed by atoms with Gasteiger partial charge in [0.25, 0.3) is 0 Å². The van der Waals surface area contributed by atoms with Crippen LogP contribution in [0.1, 0.15) is 24.3 Å². The largest absolute Gasteiger partial charge is 0.472 e. The summed E-state index contributed by atoms with van der Waals surface area (Å²) in [7, 11) is 0. The van der Waals surface area contributed by atoms with Crippen LogP contribution in [0.15, 0.2) is 27.4 Å². The Labute approximate surface area is 135 Å². The molecule has 2 aromatic heterocycles. The van der Waals surface area contributed by atoms with Crippen molar-refractivity contribution in [1.29, 1.82) is 0 Å². The minimum Gasteiger partial charge on any atom is -0.472 e. The van der Waals surface area contributed by atoms with Crippen LogP contribution in [-0.4, -0.2) is 53.5 Å². The molecule has 1 atom stereocenters. The van der Waals surface area contributed by atoms with E-state index < -0.39 is 0 Å². The maximum atomic E-state index is 6.22. The highest BCUT2D eigenvalue weighted by atomic mass is 16.5. The molecule has 7 nitrogen and oxygen atoms in total. The SMILES string of the molecule is Cc1nnc(N2CCCC3(CN(Cc4ccoc4)CCO3)C2)o1. The van der Waals surface area contributed by atoms with Crippen molar-refractivity contribution in [2.24, 2.45) is 0 Å². The van der Waals surface area contributed by atoms with Crippen LogP contribution < -0.4 is 4.90 Å². The molecule has 23 heavy (non-hydrogen) atoms. The van der Waals surface area contributed by atoms with Gasteiger partial charge in [0.2, 0.25) is 5.89 Å². The van der Waals surface area contributed by atoms with Crippen molar-refractivity contribution in [3.05, 3.63) is 30.0 Å². The van der Waals surface area contributed by atoms with Crippen LogP contribution in [0.5, 0.6) is 0 Å². The van der Waals surface area contributed by atoms with E-state index in [1.165, 1.54) is 5.56 Å². The zero-order valence-electron chi connectivity index (χ0n) is 13.4. The van der Waals surface area contributed by atoms with Gasteiger partial charge in [-0.1, -0.05) is 5.10 Å². The topological polar surface area (TPSA) is 67.8 Å². The number of morpholine rings is 1. The Kier molecular flexibility index (Phi) is 3.82. The quantitative estimate of drug-likeness (QED) is 0.855. The average Bonchev–Trinajstić information content (AvgIpc) is 3.19. The maximum absolute atomic E-state index is 6.22. The minimum atomic E-state index is -0.150. The molecular formula is C16H22N4O3. The molecule has 4 heterocycles. The fourth-order valence-corrected chi connectivity index (χ4v) is 3.62. The fourth-order valence-electron chi connectivity index (χ4n) is 3.62. The summed E-state index contributed by atoms with van der Waals surface area (Å²) in [6.07, 6.45) is 5.68.